The van der Waals surface area contributed by atoms with Crippen LogP contribution in [0.2, 0.25) is 0 Å². The van der Waals surface area contributed by atoms with Crippen molar-refractivity contribution in [1.82, 2.24) is 4.90 Å². The van der Waals surface area contributed by atoms with Gasteiger partial charge in [0.2, 0.25) is 0 Å². The number of aliphatic imine (C=N–C) groups is 1. The zero-order valence-electron chi connectivity index (χ0n) is 41.6. The Morgan fingerprint density at radius 1 is 0.775 bits per heavy atom. The zero-order valence-corrected chi connectivity index (χ0v) is 42.4. The van der Waals surface area contributed by atoms with Crippen LogP contribution in [0, 0.1) is 5.41 Å². The average Bonchev–Trinajstić information content (AvgIpc) is 3.54. The standard InChI is InChI=1S/C66H64N4S/c1-7-22-50(46-68-65(57-27-17-18-29-60(57)67-6)54-36-34-52(35-37-54)51-23-12-9-13-24-51)44-49(4)69-43-40-53(33-32-48(3)58(47-69)59-28-16-11-21-42-66(59,5)41-8-2)55-38-39-64-62(45-55)70(56-25-14-10-15-26-56)61-30-19-20-31-63(61)71-64/h7,9-10,12-40,42,44-45,67H,1,3,8,11,41,43,46-47H2,2,4-6H3/b33-32-,49-44+,50-22+,53-40+,59-58+,68-65?. The third-order valence-corrected chi connectivity index (χ3v) is 14.9. The molecule has 2 aliphatic heterocycles. The number of allylic oxidation sites excluding steroid dienone is 11. The minimum absolute atomic E-state index is 0.128. The van der Waals surface area contributed by atoms with Crippen molar-refractivity contribution in [2.75, 3.05) is 36.9 Å². The number of hydrogen-bond donors (Lipinski definition) is 1. The molecule has 0 saturated carbocycles. The van der Waals surface area contributed by atoms with Crippen LogP contribution in [0.4, 0.5) is 22.7 Å². The van der Waals surface area contributed by atoms with Gasteiger partial charge in [0.1, 0.15) is 0 Å². The summed E-state index contributed by atoms with van der Waals surface area (Å²) >= 11 is 1.84. The van der Waals surface area contributed by atoms with E-state index in [0.717, 1.165) is 75.5 Å². The highest BCUT2D eigenvalue weighted by atomic mass is 32.2. The van der Waals surface area contributed by atoms with E-state index in [1.165, 1.54) is 43.4 Å². The topological polar surface area (TPSA) is 30.9 Å². The molecule has 354 valence electrons. The van der Waals surface area contributed by atoms with Gasteiger partial charge in [-0.1, -0.05) is 209 Å². The van der Waals surface area contributed by atoms with Crippen molar-refractivity contribution in [3.8, 4) is 11.1 Å². The van der Waals surface area contributed by atoms with Crippen molar-refractivity contribution >= 4 is 45.8 Å². The predicted molar refractivity (Wildman–Crippen MR) is 306 cm³/mol. The van der Waals surface area contributed by atoms with Crippen LogP contribution in [0.15, 0.2) is 268 Å². The molecule has 0 spiro atoms. The Bertz CT molecular complexity index is 3160. The van der Waals surface area contributed by atoms with Crippen LogP contribution in [-0.4, -0.2) is 37.3 Å². The highest BCUT2D eigenvalue weighted by molar-refractivity contribution is 7.99. The predicted octanol–water partition coefficient (Wildman–Crippen LogP) is 17.3. The molecular weight excluding hydrogens is 881 g/mol. The molecule has 0 saturated heterocycles. The van der Waals surface area contributed by atoms with Crippen LogP contribution in [0.25, 0.3) is 16.7 Å². The number of para-hydroxylation sites is 3. The highest BCUT2D eigenvalue weighted by Gasteiger charge is 2.30. The van der Waals surface area contributed by atoms with Gasteiger partial charge in [-0.25, -0.2) is 0 Å². The molecule has 3 aliphatic rings. The minimum Gasteiger partial charge on any atom is -0.388 e. The first-order valence-electron chi connectivity index (χ1n) is 24.9. The van der Waals surface area contributed by atoms with Gasteiger partial charge in [-0.3, -0.25) is 4.99 Å². The van der Waals surface area contributed by atoms with Crippen LogP contribution >= 0.6 is 11.8 Å². The third kappa shape index (κ3) is 10.9. The van der Waals surface area contributed by atoms with Gasteiger partial charge in [-0.05, 0) is 113 Å². The molecule has 0 amide bonds. The van der Waals surface area contributed by atoms with E-state index >= 15 is 0 Å². The average molecular weight is 945 g/mol. The first-order valence-corrected chi connectivity index (χ1v) is 25.7. The second-order valence-electron chi connectivity index (χ2n) is 18.6. The Balaban J connectivity index is 1.12. The summed E-state index contributed by atoms with van der Waals surface area (Å²) in [5.41, 5.74) is 18.0. The summed E-state index contributed by atoms with van der Waals surface area (Å²) in [5.74, 6) is 0. The third-order valence-electron chi connectivity index (χ3n) is 13.7. The van der Waals surface area contributed by atoms with Gasteiger partial charge in [0.05, 0.1) is 23.6 Å². The lowest BCUT2D eigenvalue weighted by Crippen LogP contribution is -2.28. The zero-order chi connectivity index (χ0) is 49.2. The number of anilines is 4. The fraction of sp³-hybridized carbons (Fsp3) is 0.167. The van der Waals surface area contributed by atoms with Gasteiger partial charge in [0.25, 0.3) is 0 Å². The van der Waals surface area contributed by atoms with Gasteiger partial charge in [0, 0.05) is 63.5 Å². The molecule has 1 unspecified atom stereocenters. The lowest BCUT2D eigenvalue weighted by Gasteiger charge is -2.33. The monoisotopic (exact) mass is 944 g/mol. The Morgan fingerprint density at radius 3 is 2.25 bits per heavy atom. The van der Waals surface area contributed by atoms with Gasteiger partial charge < -0.3 is 15.1 Å². The molecule has 4 nitrogen and oxygen atoms in total. The molecule has 0 radical (unpaired) electrons. The normalized spacial score (nSPS) is 19.6. The summed E-state index contributed by atoms with van der Waals surface area (Å²) in [6, 6.07) is 54.1. The van der Waals surface area contributed by atoms with Crippen molar-refractivity contribution in [3.63, 3.8) is 0 Å². The molecule has 0 aromatic heterocycles. The van der Waals surface area contributed by atoms with Crippen molar-refractivity contribution in [3.05, 3.63) is 270 Å². The number of fused-ring (bicyclic) bond motifs is 2. The number of benzene rings is 6. The number of nitrogens with one attached hydrogen (secondary N) is 1. The molecule has 2 heterocycles. The summed E-state index contributed by atoms with van der Waals surface area (Å²) < 4.78 is 0. The maximum Gasteiger partial charge on any atom is 0.0743 e. The van der Waals surface area contributed by atoms with Crippen LogP contribution < -0.4 is 10.2 Å². The SMILES string of the molecule is C=C/C=C(\C=C(/C)N1C/C=C(c2ccc3c(c2)N(c2ccccc2)c2ccccc2S3)\C=C/C(=C)/C(=C2\C=CCC=CC2(C)CCC)C1)CN=C(c1ccc(-c2ccccc2)cc1)c1ccccc1NC. The number of rotatable bonds is 13. The fourth-order valence-electron chi connectivity index (χ4n) is 10.0. The van der Waals surface area contributed by atoms with E-state index < -0.39 is 0 Å². The maximum atomic E-state index is 5.45. The first-order chi connectivity index (χ1) is 34.8. The number of nitrogens with zero attached hydrogens (tertiary/aromatic N) is 3. The smallest absolute Gasteiger partial charge is 0.0743 e. The highest BCUT2D eigenvalue weighted by Crippen LogP contribution is 2.52. The summed E-state index contributed by atoms with van der Waals surface area (Å²) in [6.45, 7) is 17.8. The maximum absolute atomic E-state index is 5.45. The minimum atomic E-state index is -0.128. The molecule has 1 N–H and O–H groups in total. The molecule has 0 bridgehead atoms. The van der Waals surface area contributed by atoms with E-state index in [0.29, 0.717) is 19.6 Å². The largest absolute Gasteiger partial charge is 0.388 e. The molecule has 1 atom stereocenters. The van der Waals surface area contributed by atoms with Gasteiger partial charge >= 0.3 is 0 Å². The van der Waals surface area contributed by atoms with E-state index in [1.807, 2.05) is 24.9 Å². The van der Waals surface area contributed by atoms with Crippen LogP contribution in [0.5, 0.6) is 0 Å². The molecule has 6 aromatic carbocycles. The lowest BCUT2D eigenvalue weighted by molar-refractivity contribution is 0.405. The summed E-state index contributed by atoms with van der Waals surface area (Å²) in [5, 5.41) is 3.42. The van der Waals surface area contributed by atoms with E-state index in [-0.39, 0.29) is 5.41 Å². The summed E-state index contributed by atoms with van der Waals surface area (Å²) in [4.78, 5) is 12.8. The lowest BCUT2D eigenvalue weighted by atomic mass is 9.75. The number of hydrogen-bond acceptors (Lipinski definition) is 5. The van der Waals surface area contributed by atoms with Crippen LogP contribution in [-0.2, 0) is 0 Å². The Labute approximate surface area is 427 Å². The van der Waals surface area contributed by atoms with Gasteiger partial charge in [-0.2, -0.15) is 0 Å². The van der Waals surface area contributed by atoms with E-state index in [9.17, 15) is 0 Å². The Morgan fingerprint density at radius 2 is 1.48 bits per heavy atom. The Kier molecular flexibility index (Phi) is 15.3. The quantitative estimate of drug-likeness (QED) is 0.0709. The molecule has 0 fully saturated rings. The first kappa shape index (κ1) is 48.4. The molecule has 6 aromatic rings. The van der Waals surface area contributed by atoms with Gasteiger partial charge in [-0.15, -0.1) is 0 Å². The molecular formula is C66H64N4S. The van der Waals surface area contributed by atoms with Crippen molar-refractivity contribution < 1.29 is 0 Å². The molecule has 5 heteroatoms. The molecule has 71 heavy (non-hydrogen) atoms. The summed E-state index contributed by atoms with van der Waals surface area (Å²) in [7, 11) is 1.97. The van der Waals surface area contributed by atoms with Crippen LogP contribution in [0.1, 0.15) is 56.7 Å². The second-order valence-corrected chi connectivity index (χ2v) is 19.7. The van der Waals surface area contributed by atoms with E-state index in [1.54, 1.807) is 0 Å². The van der Waals surface area contributed by atoms with Crippen molar-refractivity contribution in [2.45, 2.75) is 49.8 Å². The second kappa shape index (κ2) is 22.4. The van der Waals surface area contributed by atoms with E-state index in [4.69, 9.17) is 11.6 Å². The summed E-state index contributed by atoms with van der Waals surface area (Å²) in [6.07, 6.45) is 25.7. The Hall–Kier alpha value is -7.60. The van der Waals surface area contributed by atoms with Gasteiger partial charge in [0.15, 0.2) is 0 Å². The fourth-order valence-corrected chi connectivity index (χ4v) is 11.1. The van der Waals surface area contributed by atoms with Crippen molar-refractivity contribution in [2.24, 2.45) is 10.4 Å². The van der Waals surface area contributed by atoms with E-state index in [2.05, 4.69) is 249 Å². The van der Waals surface area contributed by atoms with Crippen LogP contribution in [0.3, 0.4) is 0 Å². The molecule has 9 rings (SSSR count). The molecule has 1 aliphatic carbocycles. The van der Waals surface area contributed by atoms with Crippen molar-refractivity contribution in [1.29, 1.82) is 0 Å².